The highest BCUT2D eigenvalue weighted by Gasteiger charge is 2.17. The predicted molar refractivity (Wildman–Crippen MR) is 122 cm³/mol. The Morgan fingerprint density at radius 1 is 1.10 bits per heavy atom. The van der Waals surface area contributed by atoms with Crippen molar-refractivity contribution in [3.8, 4) is 0 Å². The number of anilines is 1. The molecule has 1 atom stereocenters. The van der Waals surface area contributed by atoms with E-state index >= 15 is 0 Å². The van der Waals surface area contributed by atoms with Crippen LogP contribution in [0.5, 0.6) is 0 Å². The van der Waals surface area contributed by atoms with E-state index in [-0.39, 0.29) is 0 Å². The van der Waals surface area contributed by atoms with Crippen LogP contribution < -0.4 is 15.5 Å². The largest absolute Gasteiger partial charge is 0.379 e. The number of guanidine groups is 1. The molecule has 0 radical (unpaired) electrons. The Hall–Kier alpha value is -1.79. The molecule has 0 bridgehead atoms. The first-order valence-corrected chi connectivity index (χ1v) is 11.3. The number of piperidine rings is 1. The normalized spacial score (nSPS) is 20.5. The van der Waals surface area contributed by atoms with Crippen LogP contribution in [0.4, 0.5) is 5.69 Å². The van der Waals surface area contributed by atoms with Crippen molar-refractivity contribution in [3.63, 3.8) is 0 Å². The molecule has 6 heteroatoms. The summed E-state index contributed by atoms with van der Waals surface area (Å²) in [6.07, 6.45) is 2.60. The summed E-state index contributed by atoms with van der Waals surface area (Å²) in [6, 6.07) is 9.41. The number of rotatable bonds is 7. The van der Waals surface area contributed by atoms with E-state index in [9.17, 15) is 0 Å². The average Bonchev–Trinajstić information content (AvgIpc) is 2.77. The van der Waals surface area contributed by atoms with Gasteiger partial charge >= 0.3 is 0 Å². The third-order valence-electron chi connectivity index (χ3n) is 6.08. The lowest BCUT2D eigenvalue weighted by Gasteiger charge is -2.32. The molecule has 162 valence electrons. The number of aliphatic imine (C=N–C) groups is 1. The summed E-state index contributed by atoms with van der Waals surface area (Å²) in [5.41, 5.74) is 2.59. The highest BCUT2D eigenvalue weighted by molar-refractivity contribution is 5.79. The van der Waals surface area contributed by atoms with E-state index in [1.54, 1.807) is 0 Å². The minimum Gasteiger partial charge on any atom is -0.379 e. The molecule has 0 amide bonds. The Morgan fingerprint density at radius 2 is 1.79 bits per heavy atom. The monoisotopic (exact) mass is 401 g/mol. The highest BCUT2D eigenvalue weighted by atomic mass is 16.5. The van der Waals surface area contributed by atoms with Gasteiger partial charge in [-0.15, -0.1) is 0 Å². The van der Waals surface area contributed by atoms with Crippen molar-refractivity contribution in [1.82, 2.24) is 15.5 Å². The van der Waals surface area contributed by atoms with Gasteiger partial charge in [-0.25, -0.2) is 4.99 Å². The van der Waals surface area contributed by atoms with Crippen molar-refractivity contribution >= 4 is 11.6 Å². The van der Waals surface area contributed by atoms with Crippen molar-refractivity contribution < 1.29 is 4.74 Å². The topological polar surface area (TPSA) is 52.1 Å². The zero-order valence-electron chi connectivity index (χ0n) is 18.5. The van der Waals surface area contributed by atoms with Gasteiger partial charge < -0.3 is 20.3 Å². The second-order valence-corrected chi connectivity index (χ2v) is 8.41. The number of nitrogens with zero attached hydrogens (tertiary/aromatic N) is 3. The molecule has 29 heavy (non-hydrogen) atoms. The first-order valence-electron chi connectivity index (χ1n) is 11.3. The van der Waals surface area contributed by atoms with Crippen LogP contribution in [0.2, 0.25) is 0 Å². The molecule has 2 N–H and O–H groups in total. The molecular weight excluding hydrogens is 362 g/mol. The summed E-state index contributed by atoms with van der Waals surface area (Å²) < 4.78 is 5.45. The molecule has 2 heterocycles. The second kappa shape index (κ2) is 11.4. The van der Waals surface area contributed by atoms with Gasteiger partial charge in [0.15, 0.2) is 5.96 Å². The van der Waals surface area contributed by atoms with E-state index in [0.29, 0.717) is 12.6 Å². The molecule has 1 aromatic rings. The lowest BCUT2D eigenvalue weighted by Crippen LogP contribution is -2.49. The van der Waals surface area contributed by atoms with Crippen molar-refractivity contribution in [2.24, 2.45) is 10.9 Å². The fourth-order valence-electron chi connectivity index (χ4n) is 3.98. The molecule has 6 nitrogen and oxygen atoms in total. The molecule has 2 aliphatic heterocycles. The molecule has 1 unspecified atom stereocenters. The number of benzene rings is 1. The molecular formula is C23H39N5O. The van der Waals surface area contributed by atoms with Crippen LogP contribution in [0.15, 0.2) is 29.3 Å². The molecule has 2 saturated heterocycles. The Bertz CT molecular complexity index is 619. The molecule has 0 aromatic heterocycles. The van der Waals surface area contributed by atoms with Gasteiger partial charge in [-0.3, -0.25) is 4.90 Å². The van der Waals surface area contributed by atoms with E-state index in [4.69, 9.17) is 9.73 Å². The predicted octanol–water partition coefficient (Wildman–Crippen LogP) is 2.70. The smallest absolute Gasteiger partial charge is 0.191 e. The van der Waals surface area contributed by atoms with E-state index in [0.717, 1.165) is 51.3 Å². The summed E-state index contributed by atoms with van der Waals surface area (Å²) in [5.74, 6) is 1.75. The maximum atomic E-state index is 5.45. The zero-order chi connectivity index (χ0) is 20.5. The maximum absolute atomic E-state index is 5.45. The number of nitrogens with one attached hydrogen (secondary N) is 2. The SMILES string of the molecule is CCNC(=NCc1ccc(N2CCC(C)CC2)cc1)NCC(C)N1CCOCC1. The van der Waals surface area contributed by atoms with Gasteiger partial charge in [0.05, 0.1) is 19.8 Å². The van der Waals surface area contributed by atoms with E-state index in [1.165, 1.54) is 37.2 Å². The van der Waals surface area contributed by atoms with Crippen LogP contribution >= 0.6 is 0 Å². The molecule has 0 spiro atoms. The first kappa shape index (κ1) is 21.9. The van der Waals surface area contributed by atoms with Crippen molar-refractivity contribution in [3.05, 3.63) is 29.8 Å². The number of morpholine rings is 1. The zero-order valence-corrected chi connectivity index (χ0v) is 18.5. The molecule has 2 aliphatic rings. The van der Waals surface area contributed by atoms with Crippen LogP contribution in [-0.2, 0) is 11.3 Å². The van der Waals surface area contributed by atoms with Gasteiger partial charge in [0.25, 0.3) is 0 Å². The summed E-state index contributed by atoms with van der Waals surface area (Å²) in [7, 11) is 0. The average molecular weight is 402 g/mol. The van der Waals surface area contributed by atoms with Crippen molar-refractivity contribution in [2.45, 2.75) is 46.2 Å². The molecule has 0 saturated carbocycles. The minimum atomic E-state index is 0.467. The van der Waals surface area contributed by atoms with Crippen LogP contribution in [-0.4, -0.2) is 69.4 Å². The Balaban J connectivity index is 1.49. The lowest BCUT2D eigenvalue weighted by atomic mass is 9.99. The van der Waals surface area contributed by atoms with Crippen molar-refractivity contribution in [1.29, 1.82) is 0 Å². The quantitative estimate of drug-likeness (QED) is 0.543. The molecule has 2 fully saturated rings. The fraction of sp³-hybridized carbons (Fsp3) is 0.696. The highest BCUT2D eigenvalue weighted by Crippen LogP contribution is 2.23. The van der Waals surface area contributed by atoms with Crippen LogP contribution in [0.3, 0.4) is 0 Å². The van der Waals surface area contributed by atoms with Gasteiger partial charge in [-0.05, 0) is 50.3 Å². The number of hydrogen-bond donors (Lipinski definition) is 2. The molecule has 0 aliphatic carbocycles. The number of ether oxygens (including phenoxy) is 1. The lowest BCUT2D eigenvalue weighted by molar-refractivity contribution is 0.0211. The van der Waals surface area contributed by atoms with Crippen LogP contribution in [0.1, 0.15) is 39.2 Å². The molecule has 1 aromatic carbocycles. The summed E-state index contributed by atoms with van der Waals surface area (Å²) >= 11 is 0. The summed E-state index contributed by atoms with van der Waals surface area (Å²) in [4.78, 5) is 9.77. The number of hydrogen-bond acceptors (Lipinski definition) is 4. The third-order valence-corrected chi connectivity index (χ3v) is 6.08. The van der Waals surface area contributed by atoms with Gasteiger partial charge in [0, 0.05) is 51.0 Å². The van der Waals surface area contributed by atoms with Gasteiger partial charge in [-0.2, -0.15) is 0 Å². The van der Waals surface area contributed by atoms with E-state index in [2.05, 4.69) is 65.5 Å². The third kappa shape index (κ3) is 6.89. The summed E-state index contributed by atoms with van der Waals surface area (Å²) in [5, 5.41) is 6.87. The van der Waals surface area contributed by atoms with E-state index < -0.39 is 0 Å². The van der Waals surface area contributed by atoms with Gasteiger partial charge in [-0.1, -0.05) is 19.1 Å². The Morgan fingerprint density at radius 3 is 2.45 bits per heavy atom. The van der Waals surface area contributed by atoms with Crippen LogP contribution in [0, 0.1) is 5.92 Å². The Labute approximate surface area is 176 Å². The summed E-state index contributed by atoms with van der Waals surface area (Å²) in [6.45, 7) is 15.2. The van der Waals surface area contributed by atoms with Crippen molar-refractivity contribution in [2.75, 3.05) is 57.4 Å². The minimum absolute atomic E-state index is 0.467. The fourth-order valence-corrected chi connectivity index (χ4v) is 3.98. The maximum Gasteiger partial charge on any atom is 0.191 e. The Kier molecular flexibility index (Phi) is 8.62. The van der Waals surface area contributed by atoms with Gasteiger partial charge in [0.2, 0.25) is 0 Å². The van der Waals surface area contributed by atoms with Crippen LogP contribution in [0.25, 0.3) is 0 Å². The van der Waals surface area contributed by atoms with Gasteiger partial charge in [0.1, 0.15) is 0 Å². The van der Waals surface area contributed by atoms with E-state index in [1.807, 2.05) is 0 Å². The molecule has 3 rings (SSSR count). The standard InChI is InChI=1S/C23H39N5O/c1-4-24-23(25-17-20(3)27-13-15-29-16-14-27)26-18-21-5-7-22(8-6-21)28-11-9-19(2)10-12-28/h5-8,19-20H,4,9-18H2,1-3H3,(H2,24,25,26). The second-order valence-electron chi connectivity index (χ2n) is 8.41. The first-order chi connectivity index (χ1) is 14.2.